The van der Waals surface area contributed by atoms with E-state index in [4.69, 9.17) is 4.74 Å². The van der Waals surface area contributed by atoms with Crippen LogP contribution in [0.2, 0.25) is 0 Å². The lowest BCUT2D eigenvalue weighted by molar-refractivity contribution is 0.0697. The lowest BCUT2D eigenvalue weighted by Gasteiger charge is -2.24. The van der Waals surface area contributed by atoms with Crippen molar-refractivity contribution in [1.82, 2.24) is 4.72 Å². The zero-order valence-corrected chi connectivity index (χ0v) is 16.9. The maximum Gasteiger partial charge on any atom is 0.338 e. The first-order valence-corrected chi connectivity index (χ1v) is 10.5. The summed E-state index contributed by atoms with van der Waals surface area (Å²) >= 11 is 0. The molecule has 0 bridgehead atoms. The van der Waals surface area contributed by atoms with Crippen LogP contribution in [-0.2, 0) is 16.4 Å². The number of nitrogens with one attached hydrogen (secondary N) is 2. The Balaban J connectivity index is 1.71. The molecule has 31 heavy (non-hydrogen) atoms. The van der Waals surface area contributed by atoms with E-state index in [-0.39, 0.29) is 21.9 Å². The third-order valence-corrected chi connectivity index (χ3v) is 6.19. The van der Waals surface area contributed by atoms with Gasteiger partial charge in [0, 0.05) is 6.07 Å². The first-order valence-electron chi connectivity index (χ1n) is 9.04. The molecule has 0 spiro atoms. The molecule has 0 unspecified atom stereocenters. The fourth-order valence-corrected chi connectivity index (χ4v) is 4.02. The molecule has 1 heterocycles. The van der Waals surface area contributed by atoms with Crippen molar-refractivity contribution in [1.29, 1.82) is 0 Å². The van der Waals surface area contributed by atoms with Crippen LogP contribution in [0.25, 0.3) is 0 Å². The van der Waals surface area contributed by atoms with Crippen molar-refractivity contribution in [3.05, 3.63) is 76.9 Å². The quantitative estimate of drug-likeness (QED) is 0.428. The number of benzene rings is 3. The molecule has 0 saturated carbocycles. The Morgan fingerprint density at radius 1 is 1.03 bits per heavy atom. The number of fused-ring (bicyclic) bond motifs is 2. The van der Waals surface area contributed by atoms with Crippen LogP contribution in [0.1, 0.15) is 21.5 Å². The lowest BCUT2D eigenvalue weighted by Crippen LogP contribution is -2.20. The highest BCUT2D eigenvalue weighted by molar-refractivity contribution is 7.89. The van der Waals surface area contributed by atoms with Gasteiger partial charge in [0.1, 0.15) is 0 Å². The zero-order valence-electron chi connectivity index (χ0n) is 16.1. The van der Waals surface area contributed by atoms with Crippen molar-refractivity contribution in [2.75, 3.05) is 12.4 Å². The fourth-order valence-electron chi connectivity index (χ4n) is 3.25. The Kier molecular flexibility index (Phi) is 5.11. The number of carbonyl (C=O) groups is 1. The molecule has 3 aromatic carbocycles. The molecule has 10 heteroatoms. The smallest absolute Gasteiger partial charge is 0.338 e. The number of hydrogen-bond acceptors (Lipinski definition) is 5. The van der Waals surface area contributed by atoms with Crippen molar-refractivity contribution in [2.24, 2.45) is 0 Å². The maximum atomic E-state index is 13.5. The van der Waals surface area contributed by atoms with Gasteiger partial charge in [0.25, 0.3) is 0 Å². The number of aromatic carboxylic acids is 1. The zero-order chi connectivity index (χ0) is 22.3. The van der Waals surface area contributed by atoms with Gasteiger partial charge in [-0.1, -0.05) is 12.1 Å². The van der Waals surface area contributed by atoms with Crippen molar-refractivity contribution >= 4 is 27.4 Å². The SMILES string of the molecule is CNS(=O)(=O)c1cc2c(c(C(=O)O)c1)Nc1cc(Cc3ccc(F)c(F)c3)ccc1O2. The summed E-state index contributed by atoms with van der Waals surface area (Å²) in [5.41, 5.74) is 1.60. The first-order chi connectivity index (χ1) is 14.7. The van der Waals surface area contributed by atoms with Gasteiger partial charge >= 0.3 is 5.97 Å². The molecule has 0 fully saturated rings. The molecule has 0 aliphatic carbocycles. The van der Waals surface area contributed by atoms with Crippen LogP contribution in [-0.4, -0.2) is 26.5 Å². The minimum absolute atomic E-state index is 0.0505. The van der Waals surface area contributed by atoms with Gasteiger partial charge in [-0.25, -0.2) is 26.7 Å². The summed E-state index contributed by atoms with van der Waals surface area (Å²) < 4.78 is 58.8. The predicted molar refractivity (Wildman–Crippen MR) is 109 cm³/mol. The number of sulfonamides is 1. The maximum absolute atomic E-state index is 13.5. The average molecular weight is 446 g/mol. The van der Waals surface area contributed by atoms with E-state index in [2.05, 4.69) is 10.0 Å². The standard InChI is InChI=1S/C21H16F2N2O5S/c1-24-31(28,29)13-9-14(21(26)27)20-19(10-13)30-18-5-3-12(8-17(18)25-20)6-11-2-4-15(22)16(23)7-11/h2-5,7-10,24-25H,6H2,1H3,(H,26,27). The molecule has 7 nitrogen and oxygen atoms in total. The van der Waals surface area contributed by atoms with Crippen molar-refractivity contribution < 1.29 is 31.8 Å². The largest absolute Gasteiger partial charge is 0.478 e. The summed E-state index contributed by atoms with van der Waals surface area (Å²) in [5, 5.41) is 12.6. The molecule has 0 radical (unpaired) electrons. The van der Waals surface area contributed by atoms with Crippen molar-refractivity contribution in [3.8, 4) is 11.5 Å². The van der Waals surface area contributed by atoms with Gasteiger partial charge in [-0.3, -0.25) is 0 Å². The second kappa shape index (κ2) is 7.64. The molecular weight excluding hydrogens is 430 g/mol. The highest BCUT2D eigenvalue weighted by Crippen LogP contribution is 2.45. The monoisotopic (exact) mass is 446 g/mol. The van der Waals surface area contributed by atoms with Crippen LogP contribution in [0.3, 0.4) is 0 Å². The van der Waals surface area contributed by atoms with Crippen LogP contribution >= 0.6 is 0 Å². The van der Waals surface area contributed by atoms with E-state index in [1.165, 1.54) is 19.2 Å². The van der Waals surface area contributed by atoms with Crippen LogP contribution < -0.4 is 14.8 Å². The lowest BCUT2D eigenvalue weighted by atomic mass is 10.0. The number of ether oxygens (including phenoxy) is 1. The predicted octanol–water partition coefficient (Wildman–Crippen LogP) is 4.01. The number of anilines is 2. The van der Waals surface area contributed by atoms with Gasteiger partial charge in [0.05, 0.1) is 21.8 Å². The molecule has 0 atom stereocenters. The topological polar surface area (TPSA) is 105 Å². The number of halogens is 2. The van der Waals surface area contributed by atoms with Gasteiger partial charge < -0.3 is 15.2 Å². The van der Waals surface area contributed by atoms with Crippen LogP contribution in [0.5, 0.6) is 11.5 Å². The Morgan fingerprint density at radius 3 is 2.42 bits per heavy atom. The summed E-state index contributed by atoms with van der Waals surface area (Å²) in [7, 11) is -2.67. The number of rotatable bonds is 5. The number of hydrogen-bond donors (Lipinski definition) is 3. The second-order valence-corrected chi connectivity index (χ2v) is 8.73. The minimum Gasteiger partial charge on any atom is -0.478 e. The van der Waals surface area contributed by atoms with E-state index in [0.29, 0.717) is 23.4 Å². The molecule has 1 aliphatic heterocycles. The summed E-state index contributed by atoms with van der Waals surface area (Å²) in [4.78, 5) is 11.5. The Labute approximate surface area is 176 Å². The van der Waals surface area contributed by atoms with E-state index >= 15 is 0 Å². The molecule has 3 aromatic rings. The van der Waals surface area contributed by atoms with E-state index in [1.807, 2.05) is 0 Å². The summed E-state index contributed by atoms with van der Waals surface area (Å²) in [5.74, 6) is -2.79. The third-order valence-electron chi connectivity index (χ3n) is 4.80. The minimum atomic E-state index is -3.89. The second-order valence-electron chi connectivity index (χ2n) is 6.84. The first kappa shape index (κ1) is 20.8. The molecule has 3 N–H and O–H groups in total. The molecule has 0 aromatic heterocycles. The molecule has 0 amide bonds. The number of carboxylic acids is 1. The Bertz CT molecular complexity index is 1330. The normalized spacial score (nSPS) is 12.4. The van der Waals surface area contributed by atoms with Crippen LogP contribution in [0, 0.1) is 11.6 Å². The van der Waals surface area contributed by atoms with Crippen LogP contribution in [0.15, 0.2) is 53.4 Å². The highest BCUT2D eigenvalue weighted by atomic mass is 32.2. The summed E-state index contributed by atoms with van der Waals surface area (Å²) in [6.07, 6.45) is 0.310. The van der Waals surface area contributed by atoms with E-state index in [0.717, 1.165) is 23.8 Å². The summed E-state index contributed by atoms with van der Waals surface area (Å²) in [6.45, 7) is 0. The fraction of sp³-hybridized carbons (Fsp3) is 0.0952. The van der Waals surface area contributed by atoms with Crippen molar-refractivity contribution in [2.45, 2.75) is 11.3 Å². The van der Waals surface area contributed by atoms with E-state index < -0.39 is 27.6 Å². The van der Waals surface area contributed by atoms with Gasteiger partial charge in [0.2, 0.25) is 10.0 Å². The van der Waals surface area contributed by atoms with Crippen LogP contribution in [0.4, 0.5) is 20.2 Å². The van der Waals surface area contributed by atoms with E-state index in [1.54, 1.807) is 18.2 Å². The third kappa shape index (κ3) is 3.94. The highest BCUT2D eigenvalue weighted by Gasteiger charge is 2.27. The van der Waals surface area contributed by atoms with Gasteiger partial charge in [0.15, 0.2) is 23.1 Å². The summed E-state index contributed by atoms with van der Waals surface area (Å²) in [6, 6.07) is 11.0. The van der Waals surface area contributed by atoms with Crippen molar-refractivity contribution in [3.63, 3.8) is 0 Å². The molecule has 1 aliphatic rings. The van der Waals surface area contributed by atoms with Gasteiger partial charge in [-0.2, -0.15) is 0 Å². The van der Waals surface area contributed by atoms with E-state index in [9.17, 15) is 27.1 Å². The average Bonchev–Trinajstić information content (AvgIpc) is 2.74. The Hall–Kier alpha value is -3.50. The molecule has 4 rings (SSSR count). The van der Waals surface area contributed by atoms with Gasteiger partial charge in [-0.05, 0) is 54.9 Å². The molecular formula is C21H16F2N2O5S. The number of carboxylic acid groups (broad SMARTS) is 1. The Morgan fingerprint density at radius 2 is 1.74 bits per heavy atom. The van der Waals surface area contributed by atoms with Gasteiger partial charge in [-0.15, -0.1) is 0 Å². The molecule has 0 saturated heterocycles. The molecule has 160 valence electrons.